The molecule has 0 amide bonds. The molecule has 0 radical (unpaired) electrons. The van der Waals surface area contributed by atoms with E-state index in [0.717, 1.165) is 11.3 Å². The van der Waals surface area contributed by atoms with Crippen molar-refractivity contribution in [3.8, 4) is 5.75 Å². The first-order chi connectivity index (χ1) is 9.79. The van der Waals surface area contributed by atoms with E-state index in [-0.39, 0.29) is 0 Å². The van der Waals surface area contributed by atoms with Gasteiger partial charge in [-0.15, -0.1) is 11.3 Å². The molecule has 102 valence electrons. The van der Waals surface area contributed by atoms with Gasteiger partial charge in [-0.25, -0.2) is 0 Å². The van der Waals surface area contributed by atoms with Crippen LogP contribution in [0, 0.1) is 0 Å². The number of rotatable bonds is 4. The minimum Gasteiger partial charge on any atom is -0.488 e. The van der Waals surface area contributed by atoms with Gasteiger partial charge in [0.1, 0.15) is 12.4 Å². The number of hydrogen-bond acceptors (Lipinski definition) is 3. The molecule has 3 aromatic rings. The van der Waals surface area contributed by atoms with Crippen LogP contribution >= 0.6 is 22.9 Å². The van der Waals surface area contributed by atoms with Gasteiger partial charge >= 0.3 is 0 Å². The fourth-order valence-corrected chi connectivity index (χ4v) is 3.36. The number of ether oxygens (including phenoxy) is 1. The van der Waals surface area contributed by atoms with Gasteiger partial charge in [0.25, 0.3) is 0 Å². The maximum absolute atomic E-state index is 6.13. The van der Waals surface area contributed by atoms with Gasteiger partial charge in [0.2, 0.25) is 0 Å². The van der Waals surface area contributed by atoms with Crippen molar-refractivity contribution in [3.63, 3.8) is 0 Å². The van der Waals surface area contributed by atoms with Crippen molar-refractivity contribution in [2.45, 2.75) is 13.2 Å². The monoisotopic (exact) mass is 303 g/mol. The van der Waals surface area contributed by atoms with Crippen molar-refractivity contribution in [3.05, 3.63) is 64.0 Å². The number of fused-ring (bicyclic) bond motifs is 1. The quantitative estimate of drug-likeness (QED) is 0.765. The molecule has 1 aromatic heterocycles. The molecule has 20 heavy (non-hydrogen) atoms. The van der Waals surface area contributed by atoms with E-state index in [0.29, 0.717) is 18.2 Å². The Labute approximate surface area is 126 Å². The molecule has 0 atom stereocenters. The summed E-state index contributed by atoms with van der Waals surface area (Å²) in [6, 6.07) is 13.9. The van der Waals surface area contributed by atoms with Crippen molar-refractivity contribution >= 4 is 33.0 Å². The predicted octanol–water partition coefficient (Wildman–Crippen LogP) is 4.59. The van der Waals surface area contributed by atoms with E-state index in [9.17, 15) is 0 Å². The molecule has 0 saturated carbocycles. The number of nitrogens with two attached hydrogens (primary N) is 1. The first-order valence-electron chi connectivity index (χ1n) is 6.35. The van der Waals surface area contributed by atoms with Gasteiger partial charge in [-0.2, -0.15) is 0 Å². The van der Waals surface area contributed by atoms with Crippen molar-refractivity contribution in [1.82, 2.24) is 0 Å². The van der Waals surface area contributed by atoms with Crippen molar-refractivity contribution in [2.24, 2.45) is 5.73 Å². The molecule has 0 unspecified atom stereocenters. The van der Waals surface area contributed by atoms with Crippen molar-refractivity contribution < 1.29 is 4.74 Å². The Morgan fingerprint density at radius 1 is 1.10 bits per heavy atom. The summed E-state index contributed by atoms with van der Waals surface area (Å²) >= 11 is 7.86. The van der Waals surface area contributed by atoms with E-state index < -0.39 is 0 Å². The standard InChI is InChI=1S/C16H14ClNOS/c17-14-5-3-6-15(13(14)8-18)19-9-11-10-20-16-7-2-1-4-12(11)16/h1-7,10H,8-9,18H2. The molecule has 2 nitrogen and oxygen atoms in total. The average molecular weight is 304 g/mol. The number of halogens is 1. The molecule has 0 spiro atoms. The molecule has 0 fully saturated rings. The SMILES string of the molecule is NCc1c(Cl)cccc1OCc1csc2ccccc12. The third-order valence-electron chi connectivity index (χ3n) is 3.22. The Morgan fingerprint density at radius 2 is 1.95 bits per heavy atom. The van der Waals surface area contributed by atoms with Gasteiger partial charge in [-0.05, 0) is 29.0 Å². The molecule has 4 heteroatoms. The lowest BCUT2D eigenvalue weighted by atomic mass is 10.2. The second-order valence-electron chi connectivity index (χ2n) is 4.47. The summed E-state index contributed by atoms with van der Waals surface area (Å²) in [6.45, 7) is 0.900. The Kier molecular flexibility index (Phi) is 3.92. The van der Waals surface area contributed by atoms with Gasteiger partial charge in [-0.3, -0.25) is 0 Å². The number of benzene rings is 2. The van der Waals surface area contributed by atoms with Crippen LogP contribution in [0.15, 0.2) is 47.8 Å². The van der Waals surface area contributed by atoms with Crippen molar-refractivity contribution in [2.75, 3.05) is 0 Å². The molecule has 0 saturated heterocycles. The second-order valence-corrected chi connectivity index (χ2v) is 5.78. The van der Waals surface area contributed by atoms with E-state index in [1.807, 2.05) is 30.3 Å². The molecule has 0 aliphatic heterocycles. The van der Waals surface area contributed by atoms with Gasteiger partial charge in [0.15, 0.2) is 0 Å². The molecule has 3 rings (SSSR count). The normalized spacial score (nSPS) is 10.9. The number of thiophene rings is 1. The van der Waals surface area contributed by atoms with E-state index in [2.05, 4.69) is 17.5 Å². The molecule has 2 N–H and O–H groups in total. The topological polar surface area (TPSA) is 35.2 Å². The summed E-state index contributed by atoms with van der Waals surface area (Å²) in [4.78, 5) is 0. The first kappa shape index (κ1) is 13.4. The number of hydrogen-bond donors (Lipinski definition) is 1. The van der Waals surface area contributed by atoms with Gasteiger partial charge in [-0.1, -0.05) is 35.9 Å². The molecular formula is C16H14ClNOS. The Morgan fingerprint density at radius 3 is 2.80 bits per heavy atom. The fourth-order valence-electron chi connectivity index (χ4n) is 2.17. The van der Waals surface area contributed by atoms with Gasteiger partial charge in [0.05, 0.1) is 0 Å². The van der Waals surface area contributed by atoms with Crippen molar-refractivity contribution in [1.29, 1.82) is 0 Å². The second kappa shape index (κ2) is 5.83. The highest BCUT2D eigenvalue weighted by Gasteiger charge is 2.08. The summed E-state index contributed by atoms with van der Waals surface area (Å²) in [7, 11) is 0. The first-order valence-corrected chi connectivity index (χ1v) is 7.60. The van der Waals surface area contributed by atoms with E-state index in [1.54, 1.807) is 11.3 Å². The Bertz CT molecular complexity index is 738. The predicted molar refractivity (Wildman–Crippen MR) is 85.5 cm³/mol. The maximum Gasteiger partial charge on any atom is 0.125 e. The summed E-state index contributed by atoms with van der Waals surface area (Å²) in [5.74, 6) is 0.760. The third-order valence-corrected chi connectivity index (χ3v) is 4.59. The maximum atomic E-state index is 6.13. The van der Waals surface area contributed by atoms with Crippen LogP contribution in [0.2, 0.25) is 5.02 Å². The fraction of sp³-hybridized carbons (Fsp3) is 0.125. The van der Waals surface area contributed by atoms with E-state index in [1.165, 1.54) is 15.6 Å². The lowest BCUT2D eigenvalue weighted by Gasteiger charge is -2.11. The molecule has 2 aromatic carbocycles. The minimum atomic E-state index is 0.374. The largest absolute Gasteiger partial charge is 0.488 e. The minimum absolute atomic E-state index is 0.374. The van der Waals surface area contributed by atoms with Crippen LogP contribution in [0.1, 0.15) is 11.1 Å². The summed E-state index contributed by atoms with van der Waals surface area (Å²) in [6.07, 6.45) is 0. The smallest absolute Gasteiger partial charge is 0.125 e. The zero-order chi connectivity index (χ0) is 13.9. The van der Waals surface area contributed by atoms with Crippen LogP contribution in [-0.4, -0.2) is 0 Å². The summed E-state index contributed by atoms with van der Waals surface area (Å²) in [5, 5.41) is 4.03. The van der Waals surface area contributed by atoms with Crippen LogP contribution in [-0.2, 0) is 13.2 Å². The van der Waals surface area contributed by atoms with Crippen LogP contribution in [0.3, 0.4) is 0 Å². The van der Waals surface area contributed by atoms with Crippen LogP contribution in [0.4, 0.5) is 0 Å². The van der Waals surface area contributed by atoms with Crippen LogP contribution < -0.4 is 10.5 Å². The Hall–Kier alpha value is -1.55. The molecule has 1 heterocycles. The van der Waals surface area contributed by atoms with E-state index in [4.69, 9.17) is 22.1 Å². The van der Waals surface area contributed by atoms with Crippen LogP contribution in [0.5, 0.6) is 5.75 Å². The lowest BCUT2D eigenvalue weighted by Crippen LogP contribution is -2.03. The van der Waals surface area contributed by atoms with Crippen LogP contribution in [0.25, 0.3) is 10.1 Å². The van der Waals surface area contributed by atoms with Gasteiger partial charge < -0.3 is 10.5 Å². The lowest BCUT2D eigenvalue weighted by molar-refractivity contribution is 0.305. The van der Waals surface area contributed by atoms with E-state index >= 15 is 0 Å². The zero-order valence-electron chi connectivity index (χ0n) is 10.8. The Balaban J connectivity index is 1.85. The molecule has 0 aliphatic carbocycles. The average Bonchev–Trinajstić information content (AvgIpc) is 2.88. The zero-order valence-corrected chi connectivity index (χ0v) is 12.4. The molecule has 0 aliphatic rings. The summed E-state index contributed by atoms with van der Waals surface area (Å²) in [5.41, 5.74) is 7.77. The highest BCUT2D eigenvalue weighted by molar-refractivity contribution is 7.17. The molecular weight excluding hydrogens is 290 g/mol. The highest BCUT2D eigenvalue weighted by atomic mass is 35.5. The molecule has 0 bridgehead atoms. The summed E-state index contributed by atoms with van der Waals surface area (Å²) < 4.78 is 7.18. The third kappa shape index (κ3) is 2.52. The van der Waals surface area contributed by atoms with Gasteiger partial charge in [0, 0.05) is 27.4 Å². The highest BCUT2D eigenvalue weighted by Crippen LogP contribution is 2.29.